The standard InChI is InChI=1S/C10H10N4OS/c1-6-12-8(5-16-6)7-3-2-4-9(13-7)14-10(11)15/h2-5H,1H3,(H3,11,13,14,15). The van der Waals surface area contributed by atoms with Gasteiger partial charge in [-0.25, -0.2) is 14.8 Å². The molecule has 2 aromatic rings. The quantitative estimate of drug-likeness (QED) is 0.833. The van der Waals surface area contributed by atoms with Gasteiger partial charge in [0.25, 0.3) is 0 Å². The summed E-state index contributed by atoms with van der Waals surface area (Å²) in [5, 5.41) is 5.32. The number of hydrogen-bond donors (Lipinski definition) is 2. The monoisotopic (exact) mass is 234 g/mol. The molecule has 0 radical (unpaired) electrons. The summed E-state index contributed by atoms with van der Waals surface area (Å²) < 4.78 is 0. The minimum atomic E-state index is -0.626. The van der Waals surface area contributed by atoms with E-state index < -0.39 is 6.03 Å². The molecule has 3 N–H and O–H groups in total. The van der Waals surface area contributed by atoms with Crippen molar-refractivity contribution in [2.24, 2.45) is 5.73 Å². The number of carbonyl (C=O) groups is 1. The van der Waals surface area contributed by atoms with Crippen molar-refractivity contribution in [2.45, 2.75) is 6.92 Å². The number of nitrogens with two attached hydrogens (primary N) is 1. The van der Waals surface area contributed by atoms with Gasteiger partial charge in [0.05, 0.1) is 16.4 Å². The second kappa shape index (κ2) is 4.28. The highest BCUT2D eigenvalue weighted by molar-refractivity contribution is 7.09. The molecule has 0 spiro atoms. The van der Waals surface area contributed by atoms with E-state index >= 15 is 0 Å². The first-order valence-corrected chi connectivity index (χ1v) is 5.49. The summed E-state index contributed by atoms with van der Waals surface area (Å²) in [5.74, 6) is 0.427. The molecular formula is C10H10N4OS. The predicted octanol–water partition coefficient (Wildman–Crippen LogP) is 2.00. The number of hydrogen-bond acceptors (Lipinski definition) is 4. The van der Waals surface area contributed by atoms with Crippen LogP contribution in [0.3, 0.4) is 0 Å². The minimum Gasteiger partial charge on any atom is -0.351 e. The third-order valence-corrected chi connectivity index (χ3v) is 2.66. The summed E-state index contributed by atoms with van der Waals surface area (Å²) in [6.07, 6.45) is 0. The van der Waals surface area contributed by atoms with Crippen LogP contribution in [0.2, 0.25) is 0 Å². The molecule has 2 amide bonds. The SMILES string of the molecule is Cc1nc(-c2cccc(NC(N)=O)n2)cs1. The van der Waals surface area contributed by atoms with E-state index in [2.05, 4.69) is 15.3 Å². The number of primary amides is 1. The first kappa shape index (κ1) is 10.6. The second-order valence-electron chi connectivity index (χ2n) is 3.15. The summed E-state index contributed by atoms with van der Waals surface area (Å²) in [5.41, 5.74) is 6.53. The maximum absolute atomic E-state index is 10.7. The van der Waals surface area contributed by atoms with Gasteiger partial charge in [0, 0.05) is 5.38 Å². The molecule has 5 nitrogen and oxygen atoms in total. The number of urea groups is 1. The van der Waals surface area contributed by atoms with Crippen molar-refractivity contribution >= 4 is 23.2 Å². The molecule has 0 aromatic carbocycles. The number of aromatic nitrogens is 2. The van der Waals surface area contributed by atoms with Crippen LogP contribution in [0.1, 0.15) is 5.01 Å². The van der Waals surface area contributed by atoms with Crippen molar-refractivity contribution in [2.75, 3.05) is 5.32 Å². The van der Waals surface area contributed by atoms with Gasteiger partial charge in [-0.1, -0.05) is 6.07 Å². The average Bonchev–Trinajstić information content (AvgIpc) is 2.64. The highest BCUT2D eigenvalue weighted by Crippen LogP contribution is 2.20. The molecule has 0 atom stereocenters. The lowest BCUT2D eigenvalue weighted by atomic mass is 10.3. The Morgan fingerprint density at radius 1 is 1.38 bits per heavy atom. The number of thiazole rings is 1. The molecular weight excluding hydrogens is 224 g/mol. The Morgan fingerprint density at radius 2 is 2.19 bits per heavy atom. The summed E-state index contributed by atoms with van der Waals surface area (Å²) in [4.78, 5) is 19.2. The van der Waals surface area contributed by atoms with Crippen LogP contribution >= 0.6 is 11.3 Å². The average molecular weight is 234 g/mol. The topological polar surface area (TPSA) is 80.9 Å². The van der Waals surface area contributed by atoms with Gasteiger partial charge >= 0.3 is 6.03 Å². The fourth-order valence-electron chi connectivity index (χ4n) is 1.25. The first-order valence-electron chi connectivity index (χ1n) is 4.61. The van der Waals surface area contributed by atoms with Crippen LogP contribution in [0.25, 0.3) is 11.4 Å². The lowest BCUT2D eigenvalue weighted by molar-refractivity contribution is 0.259. The van der Waals surface area contributed by atoms with E-state index in [1.165, 1.54) is 0 Å². The normalized spacial score (nSPS) is 10.1. The van der Waals surface area contributed by atoms with Gasteiger partial charge in [0.1, 0.15) is 5.82 Å². The Hall–Kier alpha value is -1.95. The van der Waals surface area contributed by atoms with E-state index in [1.807, 2.05) is 18.4 Å². The highest BCUT2D eigenvalue weighted by atomic mass is 32.1. The highest BCUT2D eigenvalue weighted by Gasteiger charge is 2.05. The third kappa shape index (κ3) is 2.34. The van der Waals surface area contributed by atoms with Gasteiger partial charge in [-0.2, -0.15) is 0 Å². The lowest BCUT2D eigenvalue weighted by Gasteiger charge is -2.02. The van der Waals surface area contributed by atoms with Crippen LogP contribution in [0.5, 0.6) is 0 Å². The molecule has 0 bridgehead atoms. The van der Waals surface area contributed by atoms with Crippen molar-refractivity contribution in [3.8, 4) is 11.4 Å². The van der Waals surface area contributed by atoms with E-state index in [1.54, 1.807) is 23.5 Å². The van der Waals surface area contributed by atoms with Gasteiger partial charge < -0.3 is 5.73 Å². The number of aryl methyl sites for hydroxylation is 1. The summed E-state index contributed by atoms with van der Waals surface area (Å²) in [7, 11) is 0. The van der Waals surface area contributed by atoms with E-state index in [0.717, 1.165) is 16.4 Å². The van der Waals surface area contributed by atoms with Crippen molar-refractivity contribution < 1.29 is 4.79 Å². The number of nitrogens with zero attached hydrogens (tertiary/aromatic N) is 2. The molecule has 0 aliphatic rings. The number of carbonyl (C=O) groups excluding carboxylic acids is 1. The van der Waals surface area contributed by atoms with Crippen LogP contribution in [0.4, 0.5) is 10.6 Å². The molecule has 82 valence electrons. The van der Waals surface area contributed by atoms with Crippen molar-refractivity contribution in [1.29, 1.82) is 0 Å². The van der Waals surface area contributed by atoms with Crippen LogP contribution in [-0.4, -0.2) is 16.0 Å². The fourth-order valence-corrected chi connectivity index (χ4v) is 1.86. The lowest BCUT2D eigenvalue weighted by Crippen LogP contribution is -2.20. The van der Waals surface area contributed by atoms with Crippen LogP contribution < -0.4 is 11.1 Å². The predicted molar refractivity (Wildman–Crippen MR) is 63.3 cm³/mol. The fraction of sp³-hybridized carbons (Fsp3) is 0.100. The Bertz CT molecular complexity index is 523. The third-order valence-electron chi connectivity index (χ3n) is 1.88. The Kier molecular flexibility index (Phi) is 2.82. The molecule has 0 unspecified atom stereocenters. The molecule has 2 heterocycles. The van der Waals surface area contributed by atoms with Crippen LogP contribution in [0.15, 0.2) is 23.6 Å². The van der Waals surface area contributed by atoms with Gasteiger partial charge in [0.15, 0.2) is 0 Å². The molecule has 6 heteroatoms. The molecule has 0 saturated carbocycles. The molecule has 0 aliphatic heterocycles. The van der Waals surface area contributed by atoms with Gasteiger partial charge in [-0.15, -0.1) is 11.3 Å². The molecule has 2 aromatic heterocycles. The van der Waals surface area contributed by atoms with Gasteiger partial charge in [0.2, 0.25) is 0 Å². The molecule has 0 saturated heterocycles. The zero-order valence-corrected chi connectivity index (χ0v) is 9.41. The number of amides is 2. The maximum atomic E-state index is 10.7. The Morgan fingerprint density at radius 3 is 2.81 bits per heavy atom. The summed E-state index contributed by atoms with van der Waals surface area (Å²) >= 11 is 1.56. The summed E-state index contributed by atoms with van der Waals surface area (Å²) in [6.45, 7) is 1.93. The van der Waals surface area contributed by atoms with Crippen molar-refractivity contribution in [3.05, 3.63) is 28.6 Å². The molecule has 0 aliphatic carbocycles. The van der Waals surface area contributed by atoms with E-state index in [0.29, 0.717) is 5.82 Å². The maximum Gasteiger partial charge on any atom is 0.317 e. The summed E-state index contributed by atoms with van der Waals surface area (Å²) in [6, 6.07) is 4.68. The number of nitrogens with one attached hydrogen (secondary N) is 1. The first-order chi connectivity index (χ1) is 7.65. The van der Waals surface area contributed by atoms with Gasteiger partial charge in [-0.3, -0.25) is 5.32 Å². The van der Waals surface area contributed by atoms with E-state index in [9.17, 15) is 4.79 Å². The number of pyridine rings is 1. The zero-order valence-electron chi connectivity index (χ0n) is 8.60. The molecule has 0 fully saturated rings. The molecule has 16 heavy (non-hydrogen) atoms. The number of anilines is 1. The largest absolute Gasteiger partial charge is 0.351 e. The van der Waals surface area contributed by atoms with Crippen molar-refractivity contribution in [3.63, 3.8) is 0 Å². The van der Waals surface area contributed by atoms with Crippen molar-refractivity contribution in [1.82, 2.24) is 9.97 Å². The van der Waals surface area contributed by atoms with Crippen LogP contribution in [0, 0.1) is 6.92 Å². The minimum absolute atomic E-state index is 0.427. The molecule has 2 rings (SSSR count). The zero-order chi connectivity index (χ0) is 11.5. The number of rotatable bonds is 2. The van der Waals surface area contributed by atoms with Gasteiger partial charge in [-0.05, 0) is 19.1 Å². The smallest absolute Gasteiger partial charge is 0.317 e. The van der Waals surface area contributed by atoms with E-state index in [-0.39, 0.29) is 0 Å². The van der Waals surface area contributed by atoms with Crippen LogP contribution in [-0.2, 0) is 0 Å². The Balaban J connectivity index is 2.32. The van der Waals surface area contributed by atoms with E-state index in [4.69, 9.17) is 5.73 Å². The Labute approximate surface area is 96.3 Å². The second-order valence-corrected chi connectivity index (χ2v) is 4.21.